The molecule has 1 saturated heterocycles. The van der Waals surface area contributed by atoms with E-state index in [1.807, 2.05) is 11.8 Å². The molecule has 0 saturated carbocycles. The zero-order chi connectivity index (χ0) is 14.8. The Bertz CT molecular complexity index is 477. The number of thioether (sulfide) groups is 1. The van der Waals surface area contributed by atoms with Gasteiger partial charge in [-0.25, -0.2) is 0 Å². The van der Waals surface area contributed by atoms with Crippen LogP contribution < -0.4 is 0 Å². The van der Waals surface area contributed by atoms with Gasteiger partial charge in [-0.15, -0.1) is 0 Å². The monoisotopic (exact) mass is 300 g/mol. The lowest BCUT2D eigenvalue weighted by atomic mass is 10.1. The molecular weight excluding hydrogens is 280 g/mol. The average Bonchev–Trinajstić information content (AvgIpc) is 2.75. The van der Waals surface area contributed by atoms with E-state index >= 15 is 0 Å². The van der Waals surface area contributed by atoms with E-state index in [2.05, 4.69) is 23.8 Å². The first-order valence-electron chi connectivity index (χ1n) is 6.57. The summed E-state index contributed by atoms with van der Waals surface area (Å²) in [7, 11) is 0. The Morgan fingerprint density at radius 3 is 2.95 bits per heavy atom. The van der Waals surface area contributed by atoms with E-state index in [0.29, 0.717) is 6.54 Å². The van der Waals surface area contributed by atoms with E-state index in [0.717, 1.165) is 18.8 Å². The van der Waals surface area contributed by atoms with Gasteiger partial charge in [-0.3, -0.25) is 19.7 Å². The van der Waals surface area contributed by atoms with Crippen LogP contribution in [0.25, 0.3) is 0 Å². The second-order valence-corrected chi connectivity index (χ2v) is 7.48. The van der Waals surface area contributed by atoms with Crippen LogP contribution in [0, 0.1) is 10.1 Å². The summed E-state index contributed by atoms with van der Waals surface area (Å²) >= 11 is 1.95. The Kier molecular flexibility index (Phi) is 4.66. The molecule has 1 fully saturated rings. The number of hydrogen-bond acceptors (Lipinski definition) is 6. The van der Waals surface area contributed by atoms with Crippen molar-refractivity contribution in [3.63, 3.8) is 0 Å². The van der Waals surface area contributed by atoms with E-state index in [9.17, 15) is 15.2 Å². The summed E-state index contributed by atoms with van der Waals surface area (Å²) < 4.78 is 1.63. The number of aliphatic hydroxyl groups excluding tert-OH is 1. The van der Waals surface area contributed by atoms with Gasteiger partial charge in [-0.1, -0.05) is 0 Å². The predicted octanol–water partition coefficient (Wildman–Crippen LogP) is 0.980. The average molecular weight is 300 g/mol. The van der Waals surface area contributed by atoms with Crippen molar-refractivity contribution in [3.8, 4) is 0 Å². The number of nitro groups is 1. The molecule has 0 bridgehead atoms. The van der Waals surface area contributed by atoms with Crippen molar-refractivity contribution in [2.24, 2.45) is 0 Å². The smallest absolute Gasteiger partial charge is 0.306 e. The first kappa shape index (κ1) is 15.3. The highest BCUT2D eigenvalue weighted by Gasteiger charge is 2.28. The first-order valence-corrected chi connectivity index (χ1v) is 7.55. The van der Waals surface area contributed by atoms with Crippen molar-refractivity contribution in [1.82, 2.24) is 14.7 Å². The zero-order valence-electron chi connectivity index (χ0n) is 11.7. The number of aromatic nitrogens is 2. The summed E-state index contributed by atoms with van der Waals surface area (Å²) in [6.45, 7) is 7.15. The minimum Gasteiger partial charge on any atom is -0.390 e. The topological polar surface area (TPSA) is 84.4 Å². The number of nitrogens with zero attached hydrogens (tertiary/aromatic N) is 4. The Morgan fingerprint density at radius 1 is 1.60 bits per heavy atom. The van der Waals surface area contributed by atoms with Crippen molar-refractivity contribution in [2.45, 2.75) is 31.2 Å². The predicted molar refractivity (Wildman–Crippen MR) is 77.9 cm³/mol. The molecule has 2 heterocycles. The van der Waals surface area contributed by atoms with Crippen molar-refractivity contribution in [1.29, 1.82) is 0 Å². The molecule has 1 aliphatic rings. The maximum Gasteiger partial charge on any atom is 0.306 e. The van der Waals surface area contributed by atoms with Crippen molar-refractivity contribution in [2.75, 3.05) is 25.4 Å². The Morgan fingerprint density at radius 2 is 2.35 bits per heavy atom. The van der Waals surface area contributed by atoms with Gasteiger partial charge < -0.3 is 5.11 Å². The number of rotatable bonds is 5. The van der Waals surface area contributed by atoms with Gasteiger partial charge in [0.15, 0.2) is 0 Å². The fourth-order valence-electron chi connectivity index (χ4n) is 2.39. The molecule has 1 unspecified atom stereocenters. The largest absolute Gasteiger partial charge is 0.390 e. The van der Waals surface area contributed by atoms with E-state index in [1.54, 1.807) is 0 Å². The molecule has 1 aromatic rings. The van der Waals surface area contributed by atoms with E-state index < -0.39 is 11.0 Å². The Hall–Kier alpha value is -1.12. The molecule has 1 aliphatic heterocycles. The maximum absolute atomic E-state index is 10.6. The van der Waals surface area contributed by atoms with Crippen LogP contribution in [0.5, 0.6) is 0 Å². The third kappa shape index (κ3) is 4.19. The van der Waals surface area contributed by atoms with Gasteiger partial charge in [0.1, 0.15) is 12.4 Å². The molecule has 0 aromatic carbocycles. The lowest BCUT2D eigenvalue weighted by Crippen LogP contribution is -2.46. The molecule has 0 radical (unpaired) electrons. The van der Waals surface area contributed by atoms with Crippen LogP contribution in [0.1, 0.15) is 13.8 Å². The van der Waals surface area contributed by atoms with Gasteiger partial charge in [-0.2, -0.15) is 16.9 Å². The fraction of sp³-hybridized carbons (Fsp3) is 0.750. The number of hydrogen-bond donors (Lipinski definition) is 1. The molecule has 1 N–H and O–H groups in total. The van der Waals surface area contributed by atoms with Crippen molar-refractivity contribution < 1.29 is 10.0 Å². The van der Waals surface area contributed by atoms with Crippen molar-refractivity contribution in [3.05, 3.63) is 22.5 Å². The Balaban J connectivity index is 1.85. The maximum atomic E-state index is 10.6. The van der Waals surface area contributed by atoms with Crippen LogP contribution in [-0.2, 0) is 6.54 Å². The van der Waals surface area contributed by atoms with Gasteiger partial charge in [0.05, 0.1) is 17.6 Å². The highest BCUT2D eigenvalue weighted by Crippen LogP contribution is 2.29. The van der Waals surface area contributed by atoms with Crippen molar-refractivity contribution >= 4 is 17.4 Å². The SMILES string of the molecule is CC1(C)CN(CC(O)Cn2cc([N+](=O)[O-])cn2)CCS1. The summed E-state index contributed by atoms with van der Waals surface area (Å²) in [5.74, 6) is 1.06. The van der Waals surface area contributed by atoms with Crippen LogP contribution in [0.2, 0.25) is 0 Å². The van der Waals surface area contributed by atoms with Gasteiger partial charge in [0, 0.05) is 30.1 Å². The Labute approximate surface area is 122 Å². The summed E-state index contributed by atoms with van der Waals surface area (Å²) in [6, 6.07) is 0. The molecule has 1 aromatic heterocycles. The van der Waals surface area contributed by atoms with Gasteiger partial charge in [0.2, 0.25) is 0 Å². The standard InChI is InChI=1S/C12H20N4O3S/c1-12(2)9-14(3-4-20-12)7-11(17)8-15-6-10(5-13-15)16(18)19/h5-6,11,17H,3-4,7-9H2,1-2H3. The van der Waals surface area contributed by atoms with Crippen LogP contribution >= 0.6 is 11.8 Å². The van der Waals surface area contributed by atoms with E-state index in [1.165, 1.54) is 17.1 Å². The quantitative estimate of drug-likeness (QED) is 0.644. The molecule has 2 rings (SSSR count). The highest BCUT2D eigenvalue weighted by atomic mass is 32.2. The summed E-state index contributed by atoms with van der Waals surface area (Å²) in [4.78, 5) is 12.3. The van der Waals surface area contributed by atoms with Crippen LogP contribution in [0.3, 0.4) is 0 Å². The molecule has 112 valence electrons. The van der Waals surface area contributed by atoms with Gasteiger partial charge in [0.25, 0.3) is 0 Å². The van der Waals surface area contributed by atoms with Crippen LogP contribution in [-0.4, -0.2) is 60.9 Å². The highest BCUT2D eigenvalue weighted by molar-refractivity contribution is 8.00. The first-order chi connectivity index (χ1) is 9.35. The molecule has 0 spiro atoms. The second kappa shape index (κ2) is 6.11. The van der Waals surface area contributed by atoms with Crippen LogP contribution in [0.15, 0.2) is 12.4 Å². The van der Waals surface area contributed by atoms with Gasteiger partial charge in [-0.05, 0) is 13.8 Å². The second-order valence-electron chi connectivity index (χ2n) is 5.67. The molecule has 0 aliphatic carbocycles. The minimum atomic E-state index is -0.576. The molecule has 8 heteroatoms. The normalized spacial score (nSPS) is 20.8. The lowest BCUT2D eigenvalue weighted by Gasteiger charge is -2.38. The molecule has 20 heavy (non-hydrogen) atoms. The molecule has 0 amide bonds. The third-order valence-corrected chi connectivity index (χ3v) is 4.50. The minimum absolute atomic E-state index is 0.0484. The van der Waals surface area contributed by atoms with Gasteiger partial charge >= 0.3 is 5.69 Å². The van der Waals surface area contributed by atoms with E-state index in [4.69, 9.17) is 0 Å². The summed E-state index contributed by atoms with van der Waals surface area (Å²) in [6.07, 6.45) is 1.97. The van der Waals surface area contributed by atoms with E-state index in [-0.39, 0.29) is 17.0 Å². The number of β-amino-alcohol motifs (C(OH)–C–C–N with tert-alkyl or cyclic N) is 1. The number of aliphatic hydroxyl groups is 1. The van der Waals surface area contributed by atoms with Crippen LogP contribution in [0.4, 0.5) is 5.69 Å². The summed E-state index contributed by atoms with van der Waals surface area (Å²) in [5, 5.41) is 24.6. The molecule has 1 atom stereocenters. The summed E-state index contributed by atoms with van der Waals surface area (Å²) in [5.41, 5.74) is -0.0484. The zero-order valence-corrected chi connectivity index (χ0v) is 12.5. The molecule has 7 nitrogen and oxygen atoms in total. The lowest BCUT2D eigenvalue weighted by molar-refractivity contribution is -0.385. The fourth-order valence-corrected chi connectivity index (χ4v) is 3.56. The molecular formula is C12H20N4O3S. The third-order valence-electron chi connectivity index (χ3n) is 3.20.